The maximum Gasteiger partial charge on any atom is 0.407 e. The number of ether oxygens (including phenoxy) is 3. The molecule has 2 heterocycles. The third-order valence-electron chi connectivity index (χ3n) is 5.58. The van der Waals surface area contributed by atoms with Crippen molar-refractivity contribution in [1.82, 2.24) is 19.9 Å². The molecule has 0 aliphatic carbocycles. The monoisotopic (exact) mass is 558 g/mol. The predicted molar refractivity (Wildman–Crippen MR) is 149 cm³/mol. The van der Waals surface area contributed by atoms with E-state index in [9.17, 15) is 14.7 Å². The Bertz CT molecular complexity index is 1280. The first-order valence-electron chi connectivity index (χ1n) is 12.2. The summed E-state index contributed by atoms with van der Waals surface area (Å²) in [5.74, 6) is 0.411. The van der Waals surface area contributed by atoms with Crippen LogP contribution < -0.4 is 24.8 Å². The maximum absolute atomic E-state index is 13.0. The fourth-order valence-corrected chi connectivity index (χ4v) is 4.28. The highest BCUT2D eigenvalue weighted by atomic mass is 32.1. The fourth-order valence-electron chi connectivity index (χ4n) is 3.62. The second kappa shape index (κ2) is 12.6. The average Bonchev–Trinajstić information content (AvgIpc) is 3.34. The van der Waals surface area contributed by atoms with Crippen LogP contribution in [0.2, 0.25) is 0 Å². The number of rotatable bonds is 11. The van der Waals surface area contributed by atoms with Gasteiger partial charge in [0.25, 0.3) is 11.1 Å². The highest BCUT2D eigenvalue weighted by Crippen LogP contribution is 2.36. The van der Waals surface area contributed by atoms with Gasteiger partial charge in [0.1, 0.15) is 11.4 Å². The summed E-state index contributed by atoms with van der Waals surface area (Å²) < 4.78 is 16.7. The molecule has 0 radical (unpaired) electrons. The van der Waals surface area contributed by atoms with Gasteiger partial charge in [-0.2, -0.15) is 15.0 Å². The topological polar surface area (TPSA) is 148 Å². The molecule has 12 nitrogen and oxygen atoms in total. The van der Waals surface area contributed by atoms with Crippen LogP contribution in [0.4, 0.5) is 16.4 Å². The smallest absolute Gasteiger partial charge is 0.407 e. The maximum atomic E-state index is 13.0. The Kier molecular flexibility index (Phi) is 9.51. The Morgan fingerprint density at radius 2 is 1.72 bits per heavy atom. The van der Waals surface area contributed by atoms with Gasteiger partial charge in [0, 0.05) is 30.1 Å². The first-order chi connectivity index (χ1) is 18.4. The molecule has 0 atom stereocenters. The number of hydrogen-bond donors (Lipinski definition) is 3. The van der Waals surface area contributed by atoms with Gasteiger partial charge >= 0.3 is 6.09 Å². The number of methoxy groups -OCH3 is 2. The summed E-state index contributed by atoms with van der Waals surface area (Å²) in [6, 6.07) is 7.52. The number of amides is 2. The average molecular weight is 559 g/mol. The molecule has 2 amide bonds. The van der Waals surface area contributed by atoms with Crippen molar-refractivity contribution in [1.29, 1.82) is 0 Å². The molecular weight excluding hydrogens is 524 g/mol. The highest BCUT2D eigenvalue weighted by Gasteiger charge is 2.23. The number of hydrogen-bond acceptors (Lipinski definition) is 10. The lowest BCUT2D eigenvalue weighted by molar-refractivity contribution is 0.102. The third-order valence-corrected chi connectivity index (χ3v) is 6.30. The van der Waals surface area contributed by atoms with Gasteiger partial charge in [0.05, 0.1) is 14.2 Å². The first kappa shape index (κ1) is 29.4. The minimum atomic E-state index is -1.02. The summed E-state index contributed by atoms with van der Waals surface area (Å²) in [5.41, 5.74) is 1.15. The summed E-state index contributed by atoms with van der Waals surface area (Å²) in [6.07, 6.45) is -1.02. The van der Waals surface area contributed by atoms with Crippen molar-refractivity contribution in [3.63, 3.8) is 0 Å². The minimum Gasteiger partial charge on any atom is -0.479 e. The Morgan fingerprint density at radius 3 is 2.28 bits per heavy atom. The molecule has 3 aromatic rings. The first-order valence-corrected chi connectivity index (χ1v) is 13.1. The van der Waals surface area contributed by atoms with Crippen LogP contribution in [-0.4, -0.2) is 70.3 Å². The Balaban J connectivity index is 1.74. The van der Waals surface area contributed by atoms with Gasteiger partial charge in [0.2, 0.25) is 17.7 Å². The van der Waals surface area contributed by atoms with Crippen LogP contribution in [0, 0.1) is 0 Å². The number of nitrogens with one attached hydrogen (secondary N) is 2. The second-order valence-electron chi connectivity index (χ2n) is 9.74. The number of benzene rings is 1. The van der Waals surface area contributed by atoms with E-state index < -0.39 is 12.0 Å². The van der Waals surface area contributed by atoms with E-state index in [0.29, 0.717) is 10.9 Å². The molecule has 3 N–H and O–H groups in total. The van der Waals surface area contributed by atoms with Crippen molar-refractivity contribution < 1.29 is 28.9 Å². The molecule has 0 unspecified atom stereocenters. The summed E-state index contributed by atoms with van der Waals surface area (Å²) in [6.45, 7) is 10.3. The summed E-state index contributed by atoms with van der Waals surface area (Å²) >= 11 is 1.20. The molecule has 39 heavy (non-hydrogen) atoms. The molecule has 0 spiro atoms. The molecule has 0 fully saturated rings. The molecule has 0 saturated heterocycles. The summed E-state index contributed by atoms with van der Waals surface area (Å²) in [5, 5.41) is 16.9. The van der Waals surface area contributed by atoms with E-state index in [1.54, 1.807) is 19.2 Å². The normalized spacial score (nSPS) is 11.2. The number of carbonyl (C=O) groups is 2. The van der Waals surface area contributed by atoms with Crippen LogP contribution in [0.1, 0.15) is 50.7 Å². The van der Waals surface area contributed by atoms with E-state index in [1.807, 2.05) is 24.3 Å². The predicted octanol–water partition coefficient (Wildman–Crippen LogP) is 5.09. The van der Waals surface area contributed by atoms with Crippen molar-refractivity contribution in [3.8, 4) is 22.7 Å². The lowest BCUT2D eigenvalue weighted by Gasteiger charge is -2.23. The van der Waals surface area contributed by atoms with Gasteiger partial charge in [-0.15, -0.1) is 0 Å². The zero-order valence-corrected chi connectivity index (χ0v) is 23.9. The van der Waals surface area contributed by atoms with Crippen LogP contribution >= 0.6 is 11.3 Å². The van der Waals surface area contributed by atoms with Crippen LogP contribution in [0.5, 0.6) is 22.7 Å². The molecular formula is C26H34N6O6S. The van der Waals surface area contributed by atoms with Crippen LogP contribution in [-0.2, 0) is 5.41 Å². The highest BCUT2D eigenvalue weighted by molar-refractivity contribution is 7.11. The van der Waals surface area contributed by atoms with E-state index >= 15 is 0 Å². The molecule has 0 saturated carbocycles. The number of carboxylic acid groups (broad SMARTS) is 1. The fraction of sp³-hybridized carbons (Fsp3) is 0.423. The quantitative estimate of drug-likeness (QED) is 0.290. The van der Waals surface area contributed by atoms with Gasteiger partial charge in [-0.1, -0.05) is 50.3 Å². The molecule has 0 aliphatic rings. The Labute approximate surface area is 231 Å². The number of nitrogens with zero attached hydrogens (tertiary/aromatic N) is 4. The van der Waals surface area contributed by atoms with Crippen molar-refractivity contribution in [3.05, 3.63) is 40.9 Å². The molecule has 210 valence electrons. The number of para-hydroxylation sites is 1. The number of carbonyl (C=O) groups excluding carboxylic acids is 1. The van der Waals surface area contributed by atoms with E-state index in [2.05, 4.69) is 46.4 Å². The third kappa shape index (κ3) is 7.47. The Hall–Kier alpha value is -4.13. The zero-order chi connectivity index (χ0) is 28.7. The van der Waals surface area contributed by atoms with Gasteiger partial charge in [-0.3, -0.25) is 4.79 Å². The molecule has 2 aromatic heterocycles. The van der Waals surface area contributed by atoms with Crippen molar-refractivity contribution >= 4 is 35.0 Å². The van der Waals surface area contributed by atoms with Crippen LogP contribution in [0.3, 0.4) is 0 Å². The molecule has 13 heteroatoms. The zero-order valence-electron chi connectivity index (χ0n) is 23.1. The van der Waals surface area contributed by atoms with E-state index in [4.69, 9.17) is 14.2 Å². The SMILES string of the molecule is COc1nc(NCCN(C(=O)O)C(C)C)nc(OC)c1NC(=O)c1csc(Oc2ccccc2C(C)(C)C)n1. The molecule has 3 rings (SSSR count). The summed E-state index contributed by atoms with van der Waals surface area (Å²) in [4.78, 5) is 38.6. The standard InChI is InChI=1S/C26H34N6O6S/c1-15(2)32(25(34)35)13-12-27-23-30-21(36-6)19(22(31-23)37-7)29-20(33)17-14-39-24(28-17)38-18-11-9-8-10-16(18)26(3,4)5/h8-11,14-15H,12-13H2,1-7H3,(H,29,33)(H,34,35)(H,27,30,31). The van der Waals surface area contributed by atoms with Crippen LogP contribution in [0.15, 0.2) is 29.6 Å². The molecule has 0 bridgehead atoms. The largest absolute Gasteiger partial charge is 0.479 e. The van der Waals surface area contributed by atoms with E-state index in [1.165, 1.54) is 30.5 Å². The van der Waals surface area contributed by atoms with Gasteiger partial charge in [-0.25, -0.2) is 4.79 Å². The van der Waals surface area contributed by atoms with Crippen molar-refractivity contribution in [2.24, 2.45) is 0 Å². The Morgan fingerprint density at radius 1 is 1.08 bits per heavy atom. The van der Waals surface area contributed by atoms with E-state index in [-0.39, 0.29) is 53.6 Å². The lowest BCUT2D eigenvalue weighted by Crippen LogP contribution is -2.39. The molecule has 0 aliphatic heterocycles. The lowest BCUT2D eigenvalue weighted by atomic mass is 9.86. The minimum absolute atomic E-state index is 0.0578. The number of anilines is 2. The number of thiazole rings is 1. The van der Waals surface area contributed by atoms with Gasteiger partial charge in [-0.05, 0) is 25.3 Å². The molecule has 1 aromatic carbocycles. The van der Waals surface area contributed by atoms with Gasteiger partial charge < -0.3 is 34.9 Å². The second-order valence-corrected chi connectivity index (χ2v) is 10.6. The van der Waals surface area contributed by atoms with E-state index in [0.717, 1.165) is 5.56 Å². The summed E-state index contributed by atoms with van der Waals surface area (Å²) in [7, 11) is 2.79. The van der Waals surface area contributed by atoms with Gasteiger partial charge in [0.15, 0.2) is 5.69 Å². The van der Waals surface area contributed by atoms with Crippen molar-refractivity contribution in [2.75, 3.05) is 37.9 Å². The number of aromatic nitrogens is 3. The van der Waals surface area contributed by atoms with Crippen molar-refractivity contribution in [2.45, 2.75) is 46.1 Å². The van der Waals surface area contributed by atoms with Crippen LogP contribution in [0.25, 0.3) is 0 Å².